The van der Waals surface area contributed by atoms with Gasteiger partial charge in [0.1, 0.15) is 12.0 Å². The zero-order valence-corrected chi connectivity index (χ0v) is 11.7. The van der Waals surface area contributed by atoms with Crippen LogP contribution in [-0.2, 0) is 16.1 Å². The molecule has 21 heavy (non-hydrogen) atoms. The van der Waals surface area contributed by atoms with Crippen molar-refractivity contribution in [1.29, 1.82) is 0 Å². The first-order valence-corrected chi connectivity index (χ1v) is 7.17. The number of carboxylic acids is 1. The first-order chi connectivity index (χ1) is 10.0. The van der Waals surface area contributed by atoms with Crippen molar-refractivity contribution < 1.29 is 23.9 Å². The number of likely N-dealkylation sites (tertiary alicyclic amines) is 1. The van der Waals surface area contributed by atoms with Crippen LogP contribution in [0.1, 0.15) is 42.3 Å². The lowest BCUT2D eigenvalue weighted by Crippen LogP contribution is -2.31. The summed E-state index contributed by atoms with van der Waals surface area (Å²) in [5, 5.41) is 8.84. The van der Waals surface area contributed by atoms with Crippen LogP contribution >= 0.6 is 0 Å². The smallest absolute Gasteiger partial charge is 0.338 e. The van der Waals surface area contributed by atoms with Crippen LogP contribution in [0.3, 0.4) is 0 Å². The van der Waals surface area contributed by atoms with Gasteiger partial charge in [0.15, 0.2) is 0 Å². The number of aromatic carboxylic acids is 1. The Balaban J connectivity index is 1.74. The lowest BCUT2D eigenvalue weighted by Gasteiger charge is -2.16. The van der Waals surface area contributed by atoms with E-state index in [0.717, 1.165) is 25.5 Å². The number of amides is 2. The molecule has 1 aliphatic carbocycles. The molecular formula is C15H17NO5. The minimum absolute atomic E-state index is 0.0226. The molecule has 1 aromatic heterocycles. The van der Waals surface area contributed by atoms with Gasteiger partial charge in [0.25, 0.3) is 0 Å². The van der Waals surface area contributed by atoms with E-state index in [4.69, 9.17) is 9.52 Å². The van der Waals surface area contributed by atoms with Gasteiger partial charge < -0.3 is 9.52 Å². The van der Waals surface area contributed by atoms with Crippen molar-refractivity contribution >= 4 is 17.8 Å². The molecule has 2 heterocycles. The van der Waals surface area contributed by atoms with Crippen molar-refractivity contribution in [2.75, 3.05) is 0 Å². The Kier molecular flexibility index (Phi) is 3.31. The molecule has 2 unspecified atom stereocenters. The Morgan fingerprint density at radius 1 is 1.33 bits per heavy atom. The molecule has 0 radical (unpaired) electrons. The average Bonchev–Trinajstić information content (AvgIpc) is 3.13. The van der Waals surface area contributed by atoms with Gasteiger partial charge in [-0.1, -0.05) is 13.3 Å². The molecule has 2 fully saturated rings. The van der Waals surface area contributed by atoms with E-state index < -0.39 is 5.97 Å². The molecule has 1 saturated heterocycles. The fourth-order valence-corrected chi connectivity index (χ4v) is 3.42. The van der Waals surface area contributed by atoms with E-state index in [0.29, 0.717) is 11.7 Å². The summed E-state index contributed by atoms with van der Waals surface area (Å²) in [6, 6.07) is 1.35. The number of nitrogens with zero attached hydrogens (tertiary/aromatic N) is 1. The van der Waals surface area contributed by atoms with Crippen molar-refractivity contribution in [3.8, 4) is 0 Å². The van der Waals surface area contributed by atoms with Crippen LogP contribution < -0.4 is 0 Å². The van der Waals surface area contributed by atoms with E-state index >= 15 is 0 Å². The Hall–Kier alpha value is -2.11. The fraction of sp³-hybridized carbons (Fsp3) is 0.533. The summed E-state index contributed by atoms with van der Waals surface area (Å²) in [6.07, 6.45) is 3.67. The molecule has 1 aromatic rings. The maximum absolute atomic E-state index is 12.4. The van der Waals surface area contributed by atoms with Gasteiger partial charge in [-0.2, -0.15) is 0 Å². The predicted molar refractivity (Wildman–Crippen MR) is 71.2 cm³/mol. The number of carbonyl (C=O) groups excluding carboxylic acids is 2. The number of hydrogen-bond donors (Lipinski definition) is 1. The number of furan rings is 1. The van der Waals surface area contributed by atoms with E-state index in [1.165, 1.54) is 11.0 Å². The third kappa shape index (κ3) is 2.24. The molecule has 2 atom stereocenters. The van der Waals surface area contributed by atoms with E-state index in [9.17, 15) is 14.4 Å². The topological polar surface area (TPSA) is 87.8 Å². The third-order valence-corrected chi connectivity index (χ3v) is 4.62. The van der Waals surface area contributed by atoms with Gasteiger partial charge in [-0.3, -0.25) is 14.5 Å². The second-order valence-electron chi connectivity index (χ2n) is 5.83. The summed E-state index contributed by atoms with van der Waals surface area (Å²) in [4.78, 5) is 36.7. The molecule has 3 rings (SSSR count). The Bertz CT molecular complexity index is 581. The van der Waals surface area contributed by atoms with E-state index in [2.05, 4.69) is 6.92 Å². The summed E-state index contributed by atoms with van der Waals surface area (Å²) in [6.45, 7) is 2.10. The van der Waals surface area contributed by atoms with Crippen LogP contribution in [0.5, 0.6) is 0 Å². The molecule has 6 nitrogen and oxygen atoms in total. The lowest BCUT2D eigenvalue weighted by atomic mass is 10.00. The van der Waals surface area contributed by atoms with Gasteiger partial charge in [-0.05, 0) is 24.8 Å². The van der Waals surface area contributed by atoms with Gasteiger partial charge >= 0.3 is 5.97 Å². The summed E-state index contributed by atoms with van der Waals surface area (Å²) >= 11 is 0. The van der Waals surface area contributed by atoms with Crippen molar-refractivity contribution in [2.24, 2.45) is 17.8 Å². The molecule has 2 amide bonds. The molecule has 1 aliphatic heterocycles. The van der Waals surface area contributed by atoms with Crippen molar-refractivity contribution in [3.05, 3.63) is 23.7 Å². The standard InChI is InChI=1S/C15H17NO5/c1-2-8-3-11-12(4-8)14(18)16(13(11)17)6-10-5-9(7-21-10)15(19)20/h5,7-8,11-12H,2-4,6H2,1H3,(H,19,20). The Morgan fingerprint density at radius 2 is 1.95 bits per heavy atom. The van der Waals surface area contributed by atoms with Gasteiger partial charge in [0, 0.05) is 0 Å². The van der Waals surface area contributed by atoms with Crippen molar-refractivity contribution in [3.63, 3.8) is 0 Å². The van der Waals surface area contributed by atoms with Gasteiger partial charge in [-0.15, -0.1) is 0 Å². The third-order valence-electron chi connectivity index (χ3n) is 4.62. The number of carboxylic acid groups (broad SMARTS) is 1. The van der Waals surface area contributed by atoms with Crippen LogP contribution in [0.4, 0.5) is 0 Å². The normalized spacial score (nSPS) is 28.2. The Morgan fingerprint density at radius 3 is 2.43 bits per heavy atom. The quantitative estimate of drug-likeness (QED) is 0.856. The minimum Gasteiger partial charge on any atom is -0.478 e. The average molecular weight is 291 g/mol. The van der Waals surface area contributed by atoms with Crippen LogP contribution in [0.2, 0.25) is 0 Å². The molecule has 112 valence electrons. The largest absolute Gasteiger partial charge is 0.478 e. The van der Waals surface area contributed by atoms with Crippen molar-refractivity contribution in [1.82, 2.24) is 4.90 Å². The molecule has 0 spiro atoms. The summed E-state index contributed by atoms with van der Waals surface area (Å²) < 4.78 is 5.12. The molecule has 2 aliphatic rings. The number of imide groups is 1. The summed E-state index contributed by atoms with van der Waals surface area (Å²) in [7, 11) is 0. The first kappa shape index (κ1) is 13.9. The molecule has 0 bridgehead atoms. The highest BCUT2D eigenvalue weighted by molar-refractivity contribution is 6.05. The second-order valence-corrected chi connectivity index (χ2v) is 5.83. The highest BCUT2D eigenvalue weighted by Gasteiger charge is 2.52. The molecule has 1 saturated carbocycles. The van der Waals surface area contributed by atoms with Gasteiger partial charge in [-0.25, -0.2) is 4.79 Å². The summed E-state index contributed by atoms with van der Waals surface area (Å²) in [5.74, 6) is -0.999. The van der Waals surface area contributed by atoms with E-state index in [-0.39, 0.29) is 35.8 Å². The fourth-order valence-electron chi connectivity index (χ4n) is 3.42. The highest BCUT2D eigenvalue weighted by atomic mass is 16.4. The highest BCUT2D eigenvalue weighted by Crippen LogP contribution is 2.44. The van der Waals surface area contributed by atoms with E-state index in [1.807, 2.05) is 0 Å². The van der Waals surface area contributed by atoms with Gasteiger partial charge in [0.05, 0.1) is 23.9 Å². The van der Waals surface area contributed by atoms with Crippen LogP contribution in [-0.4, -0.2) is 27.8 Å². The van der Waals surface area contributed by atoms with Crippen LogP contribution in [0.25, 0.3) is 0 Å². The molecule has 0 aromatic carbocycles. The summed E-state index contributed by atoms with van der Waals surface area (Å²) in [5.41, 5.74) is 0.0235. The van der Waals surface area contributed by atoms with Crippen LogP contribution in [0.15, 0.2) is 16.7 Å². The van der Waals surface area contributed by atoms with Gasteiger partial charge in [0.2, 0.25) is 11.8 Å². The lowest BCUT2D eigenvalue weighted by molar-refractivity contribution is -0.141. The Labute approximate surface area is 121 Å². The first-order valence-electron chi connectivity index (χ1n) is 7.17. The monoisotopic (exact) mass is 291 g/mol. The number of fused-ring (bicyclic) bond motifs is 1. The number of carbonyl (C=O) groups is 3. The second kappa shape index (κ2) is 5.02. The number of hydrogen-bond acceptors (Lipinski definition) is 4. The predicted octanol–water partition coefficient (Wildman–Crippen LogP) is 1.90. The molecule has 6 heteroatoms. The maximum atomic E-state index is 12.4. The SMILES string of the molecule is CCC1CC2C(=O)N(Cc3cc(C(=O)O)co3)C(=O)C2C1. The van der Waals surface area contributed by atoms with E-state index in [1.54, 1.807) is 0 Å². The zero-order chi connectivity index (χ0) is 15.1. The number of rotatable bonds is 4. The maximum Gasteiger partial charge on any atom is 0.338 e. The minimum atomic E-state index is -1.09. The van der Waals surface area contributed by atoms with Crippen LogP contribution in [0, 0.1) is 17.8 Å². The molecule has 1 N–H and O–H groups in total. The molecular weight excluding hydrogens is 274 g/mol. The van der Waals surface area contributed by atoms with Crippen molar-refractivity contribution in [2.45, 2.75) is 32.7 Å². The zero-order valence-electron chi connectivity index (χ0n) is 11.7.